The summed E-state index contributed by atoms with van der Waals surface area (Å²) in [5.74, 6) is 0.570. The van der Waals surface area contributed by atoms with Crippen molar-refractivity contribution in [2.24, 2.45) is 0 Å². The molecule has 2 aromatic carbocycles. The monoisotopic (exact) mass is 415 g/mol. The number of carbonyl (C=O) groups excluding carboxylic acids is 2. The summed E-state index contributed by atoms with van der Waals surface area (Å²) in [7, 11) is 0. The van der Waals surface area contributed by atoms with Crippen LogP contribution in [0.1, 0.15) is 18.9 Å². The van der Waals surface area contributed by atoms with Crippen molar-refractivity contribution in [2.45, 2.75) is 20.3 Å². The fourth-order valence-corrected chi connectivity index (χ4v) is 3.52. The zero-order valence-corrected chi connectivity index (χ0v) is 17.5. The number of amides is 2. The number of ether oxygens (including phenoxy) is 1. The first-order chi connectivity index (χ1) is 14.0. The van der Waals surface area contributed by atoms with Crippen LogP contribution in [-0.2, 0) is 9.59 Å². The molecule has 0 atom stereocenters. The second kappa shape index (κ2) is 9.65. The Morgan fingerprint density at radius 3 is 2.55 bits per heavy atom. The molecule has 0 saturated carbocycles. The molecule has 1 N–H and O–H groups in total. The molecule has 6 nitrogen and oxygen atoms in total. The second-order valence-corrected chi connectivity index (χ2v) is 7.47. The molecule has 1 aliphatic rings. The van der Waals surface area contributed by atoms with Crippen LogP contribution in [0.2, 0.25) is 5.02 Å². The Hall–Kier alpha value is -2.73. The third-order valence-electron chi connectivity index (χ3n) is 4.87. The van der Waals surface area contributed by atoms with Gasteiger partial charge in [-0.25, -0.2) is 0 Å². The van der Waals surface area contributed by atoms with Gasteiger partial charge < -0.3 is 19.9 Å². The first kappa shape index (κ1) is 21.0. The Morgan fingerprint density at radius 2 is 1.86 bits per heavy atom. The predicted molar refractivity (Wildman–Crippen MR) is 116 cm³/mol. The van der Waals surface area contributed by atoms with Crippen molar-refractivity contribution in [3.05, 3.63) is 53.1 Å². The molecule has 1 aliphatic heterocycles. The summed E-state index contributed by atoms with van der Waals surface area (Å²) >= 11 is 6.16. The van der Waals surface area contributed by atoms with E-state index >= 15 is 0 Å². The average molecular weight is 416 g/mol. The van der Waals surface area contributed by atoms with E-state index in [1.807, 2.05) is 49.1 Å². The highest BCUT2D eigenvalue weighted by Crippen LogP contribution is 2.30. The topological polar surface area (TPSA) is 61.9 Å². The molecule has 2 aromatic rings. The molecule has 0 aromatic heterocycles. The highest BCUT2D eigenvalue weighted by atomic mass is 35.5. The van der Waals surface area contributed by atoms with E-state index in [1.165, 1.54) is 0 Å². The average Bonchev–Trinajstić information content (AvgIpc) is 2.72. The number of benzene rings is 2. The van der Waals surface area contributed by atoms with E-state index in [1.54, 1.807) is 12.1 Å². The number of anilines is 2. The maximum absolute atomic E-state index is 12.4. The van der Waals surface area contributed by atoms with Gasteiger partial charge in [0.1, 0.15) is 5.75 Å². The minimum absolute atomic E-state index is 0.0891. The summed E-state index contributed by atoms with van der Waals surface area (Å²) in [6.07, 6.45) is 0.517. The molecule has 0 spiro atoms. The van der Waals surface area contributed by atoms with E-state index in [4.69, 9.17) is 16.3 Å². The summed E-state index contributed by atoms with van der Waals surface area (Å²) < 4.78 is 5.59. The maximum Gasteiger partial charge on any atom is 0.262 e. The minimum atomic E-state index is -0.255. The molecule has 29 heavy (non-hydrogen) atoms. The van der Waals surface area contributed by atoms with Gasteiger partial charge in [0.25, 0.3) is 5.91 Å². The highest BCUT2D eigenvalue weighted by Gasteiger charge is 2.22. The lowest BCUT2D eigenvalue weighted by atomic mass is 10.2. The van der Waals surface area contributed by atoms with Crippen LogP contribution < -0.4 is 15.0 Å². The summed E-state index contributed by atoms with van der Waals surface area (Å²) in [5, 5.41) is 3.45. The molecule has 0 radical (unpaired) electrons. The minimum Gasteiger partial charge on any atom is -0.484 e. The molecule has 0 bridgehead atoms. The van der Waals surface area contributed by atoms with Crippen LogP contribution in [-0.4, -0.2) is 49.5 Å². The van der Waals surface area contributed by atoms with Crippen LogP contribution >= 0.6 is 11.6 Å². The first-order valence-electron chi connectivity index (χ1n) is 9.78. The number of carbonyl (C=O) groups is 2. The van der Waals surface area contributed by atoms with Crippen molar-refractivity contribution in [3.8, 4) is 5.75 Å². The number of aryl methyl sites for hydroxylation is 1. The predicted octanol–water partition coefficient (Wildman–Crippen LogP) is 3.72. The summed E-state index contributed by atoms with van der Waals surface area (Å²) in [6, 6.07) is 13.0. The van der Waals surface area contributed by atoms with Gasteiger partial charge in [0.05, 0.1) is 11.4 Å². The third kappa shape index (κ3) is 5.64. The van der Waals surface area contributed by atoms with Gasteiger partial charge in [-0.05, 0) is 42.8 Å². The van der Waals surface area contributed by atoms with Gasteiger partial charge in [-0.15, -0.1) is 0 Å². The fraction of sp³-hybridized carbons (Fsp3) is 0.364. The van der Waals surface area contributed by atoms with Gasteiger partial charge in [-0.3, -0.25) is 9.59 Å². The molecule has 0 unspecified atom stereocenters. The lowest BCUT2D eigenvalue weighted by Gasteiger charge is -2.37. The largest absolute Gasteiger partial charge is 0.484 e. The van der Waals surface area contributed by atoms with Crippen molar-refractivity contribution < 1.29 is 14.3 Å². The molecule has 1 heterocycles. The van der Waals surface area contributed by atoms with Gasteiger partial charge in [0.2, 0.25) is 5.91 Å². The molecular weight excluding hydrogens is 390 g/mol. The standard InChI is InChI=1S/C22H26ClN3O3/c1-3-22(28)26-11-9-25(10-12-26)20-8-7-17(23)14-19(20)24-21(27)15-29-18-6-4-5-16(2)13-18/h4-8,13-14H,3,9-12,15H2,1-2H3,(H,24,27). The Kier molecular flexibility index (Phi) is 6.99. The number of nitrogens with one attached hydrogen (secondary N) is 1. The van der Waals surface area contributed by atoms with Crippen molar-refractivity contribution in [2.75, 3.05) is 43.0 Å². The summed E-state index contributed by atoms with van der Waals surface area (Å²) in [4.78, 5) is 28.4. The molecule has 2 amide bonds. The van der Waals surface area contributed by atoms with E-state index in [0.29, 0.717) is 49.1 Å². The molecule has 7 heteroatoms. The normalized spacial score (nSPS) is 13.9. The number of rotatable bonds is 6. The van der Waals surface area contributed by atoms with E-state index in [-0.39, 0.29) is 18.4 Å². The van der Waals surface area contributed by atoms with Crippen LogP contribution in [0.3, 0.4) is 0 Å². The number of hydrogen-bond donors (Lipinski definition) is 1. The lowest BCUT2D eigenvalue weighted by Crippen LogP contribution is -2.48. The number of nitrogens with zero attached hydrogens (tertiary/aromatic N) is 2. The van der Waals surface area contributed by atoms with Crippen LogP contribution in [0.5, 0.6) is 5.75 Å². The van der Waals surface area contributed by atoms with Gasteiger partial charge in [0, 0.05) is 37.6 Å². The zero-order valence-electron chi connectivity index (χ0n) is 16.8. The van der Waals surface area contributed by atoms with E-state index < -0.39 is 0 Å². The second-order valence-electron chi connectivity index (χ2n) is 7.04. The Labute approximate surface area is 176 Å². The van der Waals surface area contributed by atoms with Crippen molar-refractivity contribution in [3.63, 3.8) is 0 Å². The molecule has 1 fully saturated rings. The van der Waals surface area contributed by atoms with Crippen LogP contribution in [0, 0.1) is 6.92 Å². The van der Waals surface area contributed by atoms with E-state index in [9.17, 15) is 9.59 Å². The maximum atomic E-state index is 12.4. The van der Waals surface area contributed by atoms with Gasteiger partial charge in [-0.2, -0.15) is 0 Å². The van der Waals surface area contributed by atoms with Crippen molar-refractivity contribution in [1.82, 2.24) is 4.90 Å². The van der Waals surface area contributed by atoms with Gasteiger partial charge in [0.15, 0.2) is 6.61 Å². The zero-order chi connectivity index (χ0) is 20.8. The molecule has 1 saturated heterocycles. The number of piperazine rings is 1. The molecular formula is C22H26ClN3O3. The van der Waals surface area contributed by atoms with Gasteiger partial charge in [-0.1, -0.05) is 30.7 Å². The molecule has 0 aliphatic carbocycles. The molecule has 154 valence electrons. The SMILES string of the molecule is CCC(=O)N1CCN(c2ccc(Cl)cc2NC(=O)COc2cccc(C)c2)CC1. The first-order valence-corrected chi connectivity index (χ1v) is 10.2. The van der Waals surface area contributed by atoms with Crippen LogP contribution in [0.15, 0.2) is 42.5 Å². The third-order valence-corrected chi connectivity index (χ3v) is 5.10. The Bertz CT molecular complexity index is 879. The lowest BCUT2D eigenvalue weighted by molar-refractivity contribution is -0.131. The van der Waals surface area contributed by atoms with Gasteiger partial charge >= 0.3 is 0 Å². The fourth-order valence-electron chi connectivity index (χ4n) is 3.34. The molecule has 3 rings (SSSR count). The summed E-state index contributed by atoms with van der Waals surface area (Å²) in [5.41, 5.74) is 2.60. The Morgan fingerprint density at radius 1 is 1.10 bits per heavy atom. The van der Waals surface area contributed by atoms with E-state index in [2.05, 4.69) is 10.2 Å². The van der Waals surface area contributed by atoms with Crippen molar-refractivity contribution in [1.29, 1.82) is 0 Å². The quantitative estimate of drug-likeness (QED) is 0.781. The number of hydrogen-bond acceptors (Lipinski definition) is 4. The highest BCUT2D eigenvalue weighted by molar-refractivity contribution is 6.31. The van der Waals surface area contributed by atoms with E-state index in [0.717, 1.165) is 11.3 Å². The van der Waals surface area contributed by atoms with Crippen molar-refractivity contribution >= 4 is 34.8 Å². The van der Waals surface area contributed by atoms with Crippen LogP contribution in [0.25, 0.3) is 0 Å². The smallest absolute Gasteiger partial charge is 0.262 e. The Balaban J connectivity index is 1.64. The summed E-state index contributed by atoms with van der Waals surface area (Å²) in [6.45, 7) is 6.50. The van der Waals surface area contributed by atoms with Crippen LogP contribution in [0.4, 0.5) is 11.4 Å². The number of halogens is 1.